The van der Waals surface area contributed by atoms with Gasteiger partial charge in [0.2, 0.25) is 0 Å². The summed E-state index contributed by atoms with van der Waals surface area (Å²) in [6.45, 7) is 4.38. The minimum Gasteiger partial charge on any atom is -0.488 e. The quantitative estimate of drug-likeness (QED) is 0.380. The van der Waals surface area contributed by atoms with Crippen LogP contribution < -0.4 is 0 Å². The molecule has 0 radical (unpaired) electrons. The molecule has 0 heterocycles. The van der Waals surface area contributed by atoms with Crippen LogP contribution in [0.2, 0.25) is 0 Å². The first-order valence-corrected chi connectivity index (χ1v) is 3.81. The number of esters is 1. The van der Waals surface area contributed by atoms with Crippen LogP contribution in [0.3, 0.4) is 0 Å². The van der Waals surface area contributed by atoms with Crippen LogP contribution in [0.5, 0.6) is 0 Å². The number of ether oxygens (including phenoxy) is 1. The van der Waals surface area contributed by atoms with Gasteiger partial charge in [0.25, 0.3) is 0 Å². The molecule has 0 amide bonds. The van der Waals surface area contributed by atoms with Crippen LogP contribution in [-0.4, -0.2) is 12.6 Å². The van der Waals surface area contributed by atoms with Crippen molar-refractivity contribution in [3.8, 4) is 0 Å². The minimum atomic E-state index is -0.184. The van der Waals surface area contributed by atoms with Crippen LogP contribution in [0, 0.1) is 6.42 Å². The molecule has 0 unspecified atom stereocenters. The zero-order chi connectivity index (χ0) is 7.82. The predicted molar refractivity (Wildman–Crippen MR) is 40.5 cm³/mol. The molecular formula is C8H15CrO2-. The van der Waals surface area contributed by atoms with Gasteiger partial charge in [-0.2, -0.15) is 6.42 Å². The third-order valence-corrected chi connectivity index (χ3v) is 1.16. The van der Waals surface area contributed by atoms with E-state index in [1.54, 1.807) is 6.42 Å². The van der Waals surface area contributed by atoms with Crippen molar-refractivity contribution in [3.05, 3.63) is 6.42 Å². The SMILES string of the molecule is CCCC[CH-]C(=O)OCC.[Cr]. The van der Waals surface area contributed by atoms with Gasteiger partial charge >= 0.3 is 0 Å². The molecule has 0 aromatic carbocycles. The van der Waals surface area contributed by atoms with Crippen LogP contribution in [-0.2, 0) is 26.9 Å². The smallest absolute Gasteiger partial charge is 0.167 e. The molecule has 0 bridgehead atoms. The van der Waals surface area contributed by atoms with E-state index in [0.29, 0.717) is 6.61 Å². The second-order valence-electron chi connectivity index (χ2n) is 2.10. The monoisotopic (exact) mass is 195 g/mol. The topological polar surface area (TPSA) is 26.3 Å². The first-order chi connectivity index (χ1) is 4.81. The van der Waals surface area contributed by atoms with Gasteiger partial charge in [-0.15, -0.1) is 0 Å². The number of rotatable bonds is 5. The Labute approximate surface area is 79.4 Å². The molecule has 3 heteroatoms. The molecule has 66 valence electrons. The van der Waals surface area contributed by atoms with Crippen molar-refractivity contribution in [2.45, 2.75) is 33.1 Å². The molecule has 2 nitrogen and oxygen atoms in total. The van der Waals surface area contributed by atoms with E-state index in [2.05, 4.69) is 6.92 Å². The Morgan fingerprint density at radius 2 is 2.09 bits per heavy atom. The first kappa shape index (κ1) is 13.5. The molecule has 0 aliphatic carbocycles. The summed E-state index contributed by atoms with van der Waals surface area (Å²) in [5, 5.41) is 0. The number of unbranched alkanes of at least 4 members (excludes halogenated alkanes) is 2. The Balaban J connectivity index is 0. The van der Waals surface area contributed by atoms with Gasteiger partial charge in [0, 0.05) is 17.4 Å². The van der Waals surface area contributed by atoms with Crippen molar-refractivity contribution in [1.82, 2.24) is 0 Å². The number of hydrogen-bond donors (Lipinski definition) is 0. The molecule has 0 atom stereocenters. The average Bonchev–Trinajstić information content (AvgIpc) is 1.89. The summed E-state index contributed by atoms with van der Waals surface area (Å²) in [4.78, 5) is 10.6. The molecule has 0 aliphatic heterocycles. The molecule has 0 N–H and O–H groups in total. The van der Waals surface area contributed by atoms with Crippen molar-refractivity contribution >= 4 is 5.97 Å². The third kappa shape index (κ3) is 9.87. The molecule has 0 aliphatic rings. The molecule has 0 aromatic heterocycles. The van der Waals surface area contributed by atoms with E-state index in [4.69, 9.17) is 4.74 Å². The Bertz CT molecular complexity index is 94.1. The van der Waals surface area contributed by atoms with E-state index in [9.17, 15) is 4.79 Å². The number of carbonyl (C=O) groups is 1. The third-order valence-electron chi connectivity index (χ3n) is 1.16. The van der Waals surface area contributed by atoms with Crippen LogP contribution in [0.4, 0.5) is 0 Å². The van der Waals surface area contributed by atoms with E-state index in [1.807, 2.05) is 6.92 Å². The zero-order valence-electron chi connectivity index (χ0n) is 7.13. The summed E-state index contributed by atoms with van der Waals surface area (Å²) in [6, 6.07) is 0. The standard InChI is InChI=1S/C8H15O2.Cr/c1-3-5-6-7-8(9)10-4-2;/h7H,3-6H2,1-2H3;/q-1;. The van der Waals surface area contributed by atoms with Gasteiger partial charge in [0.05, 0.1) is 6.61 Å². The molecule has 0 aromatic rings. The second kappa shape index (κ2) is 9.87. The summed E-state index contributed by atoms with van der Waals surface area (Å²) >= 11 is 0. The maximum absolute atomic E-state index is 10.6. The zero-order valence-corrected chi connectivity index (χ0v) is 8.41. The number of hydrogen-bond acceptors (Lipinski definition) is 2. The first-order valence-electron chi connectivity index (χ1n) is 3.81. The Kier molecular flexibility index (Phi) is 12.1. The van der Waals surface area contributed by atoms with Crippen molar-refractivity contribution in [3.63, 3.8) is 0 Å². The summed E-state index contributed by atoms with van der Waals surface area (Å²) in [5.74, 6) is -0.184. The van der Waals surface area contributed by atoms with E-state index < -0.39 is 0 Å². The van der Waals surface area contributed by atoms with E-state index in [1.165, 1.54) is 0 Å². The maximum Gasteiger partial charge on any atom is 0.167 e. The van der Waals surface area contributed by atoms with Gasteiger partial charge in [-0.3, -0.25) is 11.2 Å². The van der Waals surface area contributed by atoms with Crippen molar-refractivity contribution < 1.29 is 26.9 Å². The van der Waals surface area contributed by atoms with E-state index in [-0.39, 0.29) is 23.3 Å². The largest absolute Gasteiger partial charge is 0.488 e. The fraction of sp³-hybridized carbons (Fsp3) is 0.750. The summed E-state index contributed by atoms with van der Waals surface area (Å²) in [7, 11) is 0. The van der Waals surface area contributed by atoms with Crippen LogP contribution in [0.15, 0.2) is 0 Å². The van der Waals surface area contributed by atoms with E-state index in [0.717, 1.165) is 19.3 Å². The molecular weight excluding hydrogens is 180 g/mol. The summed E-state index contributed by atoms with van der Waals surface area (Å²) < 4.78 is 4.69. The number of carbonyl (C=O) groups excluding carboxylic acids is 1. The van der Waals surface area contributed by atoms with Crippen molar-refractivity contribution in [1.29, 1.82) is 0 Å². The molecule has 0 spiro atoms. The fourth-order valence-corrected chi connectivity index (χ4v) is 0.625. The summed E-state index contributed by atoms with van der Waals surface area (Å²) in [5.41, 5.74) is 0. The average molecular weight is 195 g/mol. The van der Waals surface area contributed by atoms with E-state index >= 15 is 0 Å². The van der Waals surface area contributed by atoms with Crippen LogP contribution >= 0.6 is 0 Å². The van der Waals surface area contributed by atoms with Gasteiger partial charge < -0.3 is 4.74 Å². The Morgan fingerprint density at radius 1 is 1.45 bits per heavy atom. The van der Waals surface area contributed by atoms with Gasteiger partial charge in [0.1, 0.15) is 0 Å². The Morgan fingerprint density at radius 3 is 2.55 bits per heavy atom. The van der Waals surface area contributed by atoms with Crippen LogP contribution in [0.25, 0.3) is 0 Å². The van der Waals surface area contributed by atoms with Crippen molar-refractivity contribution in [2.24, 2.45) is 0 Å². The van der Waals surface area contributed by atoms with Gasteiger partial charge in [-0.05, 0) is 6.92 Å². The fourth-order valence-electron chi connectivity index (χ4n) is 0.625. The summed E-state index contributed by atoms with van der Waals surface area (Å²) in [6.07, 6.45) is 4.64. The molecule has 0 rings (SSSR count). The molecule has 0 saturated heterocycles. The second-order valence-corrected chi connectivity index (χ2v) is 2.10. The predicted octanol–water partition coefficient (Wildman–Crippen LogP) is 1.94. The van der Waals surface area contributed by atoms with Crippen LogP contribution in [0.1, 0.15) is 33.1 Å². The maximum atomic E-state index is 10.6. The normalized spacial score (nSPS) is 8.18. The van der Waals surface area contributed by atoms with Crippen molar-refractivity contribution in [2.75, 3.05) is 6.61 Å². The molecule has 0 saturated carbocycles. The molecule has 0 fully saturated rings. The van der Waals surface area contributed by atoms with Gasteiger partial charge in [-0.25, -0.2) is 0 Å². The Hall–Kier alpha value is -0.128. The minimum absolute atomic E-state index is 0. The molecule has 11 heavy (non-hydrogen) atoms. The van der Waals surface area contributed by atoms with Gasteiger partial charge in [0.15, 0.2) is 5.97 Å². The van der Waals surface area contributed by atoms with Gasteiger partial charge in [-0.1, -0.05) is 19.8 Å².